The molecule has 0 fully saturated rings. The van der Waals surface area contributed by atoms with E-state index >= 15 is 0 Å². The summed E-state index contributed by atoms with van der Waals surface area (Å²) in [5.41, 5.74) is 1.41. The van der Waals surface area contributed by atoms with Gasteiger partial charge in [0.1, 0.15) is 11.6 Å². The number of benzene rings is 1. The van der Waals surface area contributed by atoms with Gasteiger partial charge in [-0.2, -0.15) is 0 Å². The van der Waals surface area contributed by atoms with E-state index in [0.29, 0.717) is 18.8 Å². The zero-order valence-electron chi connectivity index (χ0n) is 11.8. The maximum Gasteiger partial charge on any atom is 0.146 e. The number of nitrogens with one attached hydrogen (secondary N) is 1. The van der Waals surface area contributed by atoms with Crippen LogP contribution in [0.15, 0.2) is 36.7 Å². The summed E-state index contributed by atoms with van der Waals surface area (Å²) in [6, 6.07) is 6.77. The second-order valence-corrected chi connectivity index (χ2v) is 4.39. The maximum absolute atomic E-state index is 13.8. The molecule has 0 aliphatic rings. The van der Waals surface area contributed by atoms with Crippen LogP contribution < -0.4 is 10.2 Å². The number of anilines is 2. The van der Waals surface area contributed by atoms with Gasteiger partial charge in [0.15, 0.2) is 0 Å². The molecule has 2 rings (SSSR count). The molecule has 0 aliphatic carbocycles. The van der Waals surface area contributed by atoms with Gasteiger partial charge in [0, 0.05) is 13.1 Å². The van der Waals surface area contributed by atoms with E-state index in [1.54, 1.807) is 24.5 Å². The monoisotopic (exact) mass is 274 g/mol. The third-order valence-corrected chi connectivity index (χ3v) is 2.99. The number of hydrogen-bond acceptors (Lipinski definition) is 4. The summed E-state index contributed by atoms with van der Waals surface area (Å²) in [5.74, 6) is 0.539. The van der Waals surface area contributed by atoms with Crippen molar-refractivity contribution in [2.24, 2.45) is 0 Å². The molecule has 0 amide bonds. The molecule has 1 aromatic heterocycles. The molecule has 2 aromatic rings. The molecule has 0 bridgehead atoms. The van der Waals surface area contributed by atoms with E-state index in [1.807, 2.05) is 24.8 Å². The van der Waals surface area contributed by atoms with Gasteiger partial charge in [-0.25, -0.2) is 9.37 Å². The van der Waals surface area contributed by atoms with Crippen LogP contribution in [0.5, 0.6) is 0 Å². The van der Waals surface area contributed by atoms with Gasteiger partial charge in [-0.3, -0.25) is 4.98 Å². The number of hydrogen-bond donors (Lipinski definition) is 1. The Balaban J connectivity index is 2.12. The minimum atomic E-state index is -0.216. The molecule has 1 N–H and O–H groups in total. The van der Waals surface area contributed by atoms with Crippen LogP contribution >= 0.6 is 0 Å². The number of para-hydroxylation sites is 1. The Labute approximate surface area is 118 Å². The molecule has 0 radical (unpaired) electrons. The highest BCUT2D eigenvalue weighted by Gasteiger charge is 2.10. The predicted octanol–water partition coefficient (Wildman–Crippen LogP) is 3.07. The zero-order valence-corrected chi connectivity index (χ0v) is 11.8. The topological polar surface area (TPSA) is 41.1 Å². The molecular formula is C15H19FN4. The summed E-state index contributed by atoms with van der Waals surface area (Å²) in [5, 5.41) is 3.10. The lowest BCUT2D eigenvalue weighted by Crippen LogP contribution is -2.23. The minimum Gasteiger partial charge on any atom is -0.369 e. The molecule has 0 aliphatic heterocycles. The number of rotatable bonds is 6. The van der Waals surface area contributed by atoms with Gasteiger partial charge >= 0.3 is 0 Å². The van der Waals surface area contributed by atoms with Crippen molar-refractivity contribution < 1.29 is 4.39 Å². The van der Waals surface area contributed by atoms with E-state index in [9.17, 15) is 4.39 Å². The normalized spacial score (nSPS) is 10.3. The Kier molecular flexibility index (Phi) is 4.87. The van der Waals surface area contributed by atoms with E-state index in [1.165, 1.54) is 6.07 Å². The lowest BCUT2D eigenvalue weighted by atomic mass is 10.2. The van der Waals surface area contributed by atoms with Gasteiger partial charge in [-0.1, -0.05) is 12.1 Å². The van der Waals surface area contributed by atoms with E-state index < -0.39 is 0 Å². The molecule has 1 aromatic carbocycles. The summed E-state index contributed by atoms with van der Waals surface area (Å²) in [7, 11) is 0. The highest BCUT2D eigenvalue weighted by atomic mass is 19.1. The Hall–Kier alpha value is -2.17. The minimum absolute atomic E-state index is 0.216. The molecule has 106 valence electrons. The molecule has 5 heteroatoms. The largest absolute Gasteiger partial charge is 0.369 e. The van der Waals surface area contributed by atoms with E-state index in [2.05, 4.69) is 15.3 Å². The fourth-order valence-electron chi connectivity index (χ4n) is 1.98. The van der Waals surface area contributed by atoms with Crippen LogP contribution in [-0.4, -0.2) is 23.1 Å². The van der Waals surface area contributed by atoms with Gasteiger partial charge in [0.05, 0.1) is 30.3 Å². The average molecular weight is 274 g/mol. The lowest BCUT2D eigenvalue weighted by Gasteiger charge is -2.23. The maximum atomic E-state index is 13.8. The summed E-state index contributed by atoms with van der Waals surface area (Å²) < 4.78 is 13.8. The number of halogens is 1. The highest BCUT2D eigenvalue weighted by Crippen LogP contribution is 2.20. The number of nitrogens with zero attached hydrogens (tertiary/aromatic N) is 3. The van der Waals surface area contributed by atoms with E-state index in [0.717, 1.165) is 18.1 Å². The van der Waals surface area contributed by atoms with Gasteiger partial charge < -0.3 is 10.2 Å². The Morgan fingerprint density at radius 3 is 2.55 bits per heavy atom. The Morgan fingerprint density at radius 2 is 1.95 bits per heavy atom. The van der Waals surface area contributed by atoms with Gasteiger partial charge in [-0.05, 0) is 26.0 Å². The second kappa shape index (κ2) is 6.84. The molecule has 0 atom stereocenters. The van der Waals surface area contributed by atoms with E-state index in [4.69, 9.17) is 0 Å². The van der Waals surface area contributed by atoms with Crippen molar-refractivity contribution in [2.45, 2.75) is 20.4 Å². The van der Waals surface area contributed by atoms with Crippen LogP contribution in [0.4, 0.5) is 15.9 Å². The van der Waals surface area contributed by atoms with Crippen LogP contribution in [0.1, 0.15) is 19.5 Å². The molecule has 0 saturated carbocycles. The van der Waals surface area contributed by atoms with Crippen LogP contribution in [0.25, 0.3) is 0 Å². The molecule has 0 spiro atoms. The molecule has 1 heterocycles. The SMILES string of the molecule is CCNc1cnc(CN(CC)c2ccccc2F)cn1. The average Bonchev–Trinajstić information content (AvgIpc) is 2.48. The van der Waals surface area contributed by atoms with Crippen LogP contribution in [0.3, 0.4) is 0 Å². The highest BCUT2D eigenvalue weighted by molar-refractivity contribution is 5.47. The second-order valence-electron chi connectivity index (χ2n) is 4.39. The predicted molar refractivity (Wildman–Crippen MR) is 79.3 cm³/mol. The van der Waals surface area contributed by atoms with Crippen molar-refractivity contribution in [1.29, 1.82) is 0 Å². The third kappa shape index (κ3) is 3.44. The van der Waals surface area contributed by atoms with Gasteiger partial charge in [-0.15, -0.1) is 0 Å². The Bertz CT molecular complexity index is 542. The first kappa shape index (κ1) is 14.2. The molecular weight excluding hydrogens is 255 g/mol. The van der Waals surface area contributed by atoms with Gasteiger partial charge in [0.25, 0.3) is 0 Å². The first-order valence-electron chi connectivity index (χ1n) is 6.78. The fourth-order valence-corrected chi connectivity index (χ4v) is 1.98. The third-order valence-electron chi connectivity index (χ3n) is 2.99. The quantitative estimate of drug-likeness (QED) is 0.879. The summed E-state index contributed by atoms with van der Waals surface area (Å²) in [4.78, 5) is 10.6. The zero-order chi connectivity index (χ0) is 14.4. The summed E-state index contributed by atoms with van der Waals surface area (Å²) >= 11 is 0. The van der Waals surface area contributed by atoms with Crippen LogP contribution in [0, 0.1) is 5.82 Å². The van der Waals surface area contributed by atoms with Crippen LogP contribution in [-0.2, 0) is 6.54 Å². The lowest BCUT2D eigenvalue weighted by molar-refractivity contribution is 0.617. The van der Waals surface area contributed by atoms with Crippen molar-refractivity contribution in [1.82, 2.24) is 9.97 Å². The summed E-state index contributed by atoms with van der Waals surface area (Å²) in [6.45, 7) is 6.05. The standard InChI is InChI=1S/C15H19FN4/c1-3-17-15-10-18-12(9-19-15)11-20(4-2)14-8-6-5-7-13(14)16/h5-10H,3-4,11H2,1-2H3,(H,17,19). The van der Waals surface area contributed by atoms with Crippen molar-refractivity contribution in [3.05, 3.63) is 48.2 Å². The van der Waals surface area contributed by atoms with Crippen LogP contribution in [0.2, 0.25) is 0 Å². The number of aromatic nitrogens is 2. The van der Waals surface area contributed by atoms with Crippen molar-refractivity contribution in [3.63, 3.8) is 0 Å². The van der Waals surface area contributed by atoms with Crippen molar-refractivity contribution >= 4 is 11.5 Å². The van der Waals surface area contributed by atoms with Gasteiger partial charge in [0.2, 0.25) is 0 Å². The van der Waals surface area contributed by atoms with Crippen molar-refractivity contribution in [3.8, 4) is 0 Å². The molecule has 20 heavy (non-hydrogen) atoms. The smallest absolute Gasteiger partial charge is 0.146 e. The molecule has 4 nitrogen and oxygen atoms in total. The first-order valence-corrected chi connectivity index (χ1v) is 6.78. The van der Waals surface area contributed by atoms with E-state index in [-0.39, 0.29) is 5.82 Å². The first-order chi connectivity index (χ1) is 9.74. The molecule has 0 saturated heterocycles. The Morgan fingerprint density at radius 1 is 1.15 bits per heavy atom. The summed E-state index contributed by atoms with van der Waals surface area (Å²) in [6.07, 6.45) is 3.43. The van der Waals surface area contributed by atoms with Crippen molar-refractivity contribution in [2.75, 3.05) is 23.3 Å². The fraction of sp³-hybridized carbons (Fsp3) is 0.333. The molecule has 0 unspecified atom stereocenters.